The fourth-order valence-electron chi connectivity index (χ4n) is 1.63. The number of hydrogen-bond acceptors (Lipinski definition) is 3. The van der Waals surface area contributed by atoms with Gasteiger partial charge in [-0.05, 0) is 35.1 Å². The van der Waals surface area contributed by atoms with Crippen LogP contribution in [0.3, 0.4) is 0 Å². The number of likely N-dealkylation sites (N-methyl/N-ethyl adjacent to an activating group) is 1. The predicted octanol–water partition coefficient (Wildman–Crippen LogP) is 1.97. The summed E-state index contributed by atoms with van der Waals surface area (Å²) in [4.78, 5) is 13.2. The Hall–Kier alpha value is -1.05. The monoisotopic (exact) mass is 365 g/mol. The first-order valence-electron chi connectivity index (χ1n) is 5.69. The van der Waals surface area contributed by atoms with E-state index in [2.05, 4.69) is 5.32 Å². The predicted molar refractivity (Wildman–Crippen MR) is 80.1 cm³/mol. The Morgan fingerprint density at radius 1 is 1.56 bits per heavy atom. The number of nitrogen functional groups attached to an aromatic ring is 1. The third kappa shape index (κ3) is 3.72. The molecule has 18 heavy (non-hydrogen) atoms. The zero-order chi connectivity index (χ0) is 13.7. The Balaban J connectivity index is 3.05. The lowest BCUT2D eigenvalue weighted by atomic mass is 10.2. The van der Waals surface area contributed by atoms with Crippen molar-refractivity contribution in [3.05, 3.63) is 21.5 Å². The molecule has 100 valence electrons. The molecule has 0 aliphatic rings. The van der Waals surface area contributed by atoms with Crippen LogP contribution in [0, 0.1) is 9.39 Å². The molecule has 0 radical (unpaired) electrons. The SMILES string of the molecule is CCCN(CC(=O)NC)c1cc(F)c(I)cc1N. The molecule has 6 heteroatoms. The number of rotatable bonds is 5. The molecule has 1 rings (SSSR count). The van der Waals surface area contributed by atoms with E-state index >= 15 is 0 Å². The van der Waals surface area contributed by atoms with Gasteiger partial charge in [0.05, 0.1) is 21.5 Å². The van der Waals surface area contributed by atoms with Crippen molar-refractivity contribution in [1.82, 2.24) is 5.32 Å². The molecule has 0 heterocycles. The van der Waals surface area contributed by atoms with E-state index in [1.54, 1.807) is 18.0 Å². The first kappa shape index (κ1) is 15.0. The molecule has 1 aromatic carbocycles. The zero-order valence-electron chi connectivity index (χ0n) is 10.5. The number of carbonyl (C=O) groups excluding carboxylic acids is 1. The summed E-state index contributed by atoms with van der Waals surface area (Å²) in [6.07, 6.45) is 0.851. The van der Waals surface area contributed by atoms with Crippen LogP contribution in [0.15, 0.2) is 12.1 Å². The highest BCUT2D eigenvalue weighted by Crippen LogP contribution is 2.27. The van der Waals surface area contributed by atoms with Crippen molar-refractivity contribution < 1.29 is 9.18 Å². The molecule has 0 unspecified atom stereocenters. The molecule has 0 fully saturated rings. The second-order valence-electron chi connectivity index (χ2n) is 3.92. The van der Waals surface area contributed by atoms with Gasteiger partial charge in [-0.1, -0.05) is 6.92 Å². The number of amides is 1. The van der Waals surface area contributed by atoms with Crippen LogP contribution < -0.4 is 16.0 Å². The van der Waals surface area contributed by atoms with Gasteiger partial charge >= 0.3 is 0 Å². The summed E-state index contributed by atoms with van der Waals surface area (Å²) in [5.41, 5.74) is 6.95. The number of nitrogens with zero attached hydrogens (tertiary/aromatic N) is 1. The highest BCUT2D eigenvalue weighted by atomic mass is 127. The first-order chi connectivity index (χ1) is 8.49. The number of benzene rings is 1. The summed E-state index contributed by atoms with van der Waals surface area (Å²) in [7, 11) is 1.57. The number of hydrogen-bond donors (Lipinski definition) is 2. The van der Waals surface area contributed by atoms with Crippen molar-refractivity contribution in [2.24, 2.45) is 0 Å². The smallest absolute Gasteiger partial charge is 0.239 e. The van der Waals surface area contributed by atoms with Gasteiger partial charge < -0.3 is 16.0 Å². The van der Waals surface area contributed by atoms with Gasteiger partial charge in [0.2, 0.25) is 5.91 Å². The molecular formula is C12H17FIN3O. The maximum absolute atomic E-state index is 13.6. The second kappa shape index (κ2) is 6.77. The van der Waals surface area contributed by atoms with E-state index in [0.717, 1.165) is 6.42 Å². The standard InChI is InChI=1S/C12H17FIN3O/c1-3-4-17(7-12(18)16-2)11-5-8(13)9(14)6-10(11)15/h5-6H,3-4,7,15H2,1-2H3,(H,16,18). The molecule has 4 nitrogen and oxygen atoms in total. The molecule has 0 aliphatic carbocycles. The van der Waals surface area contributed by atoms with Crippen LogP contribution in [-0.2, 0) is 4.79 Å². The molecule has 0 spiro atoms. The Kier molecular flexibility index (Phi) is 5.64. The third-order valence-electron chi connectivity index (χ3n) is 2.52. The molecule has 0 saturated heterocycles. The summed E-state index contributed by atoms with van der Waals surface area (Å²) < 4.78 is 14.1. The van der Waals surface area contributed by atoms with Crippen molar-refractivity contribution in [3.63, 3.8) is 0 Å². The fourth-order valence-corrected chi connectivity index (χ4v) is 2.12. The van der Waals surface area contributed by atoms with Crippen molar-refractivity contribution in [2.75, 3.05) is 30.8 Å². The third-order valence-corrected chi connectivity index (χ3v) is 3.34. The Morgan fingerprint density at radius 2 is 2.22 bits per heavy atom. The summed E-state index contributed by atoms with van der Waals surface area (Å²) in [6, 6.07) is 2.97. The van der Waals surface area contributed by atoms with Crippen LogP contribution in [0.4, 0.5) is 15.8 Å². The molecule has 0 aliphatic heterocycles. The van der Waals surface area contributed by atoms with E-state index in [1.165, 1.54) is 6.07 Å². The quantitative estimate of drug-likeness (QED) is 0.620. The number of nitrogens with one attached hydrogen (secondary N) is 1. The maximum atomic E-state index is 13.6. The van der Waals surface area contributed by atoms with Gasteiger partial charge in [0.25, 0.3) is 0 Å². The minimum absolute atomic E-state index is 0.123. The molecule has 0 aromatic heterocycles. The Morgan fingerprint density at radius 3 is 2.78 bits per heavy atom. The van der Waals surface area contributed by atoms with Gasteiger partial charge in [0.15, 0.2) is 0 Å². The minimum Gasteiger partial charge on any atom is -0.397 e. The zero-order valence-corrected chi connectivity index (χ0v) is 12.6. The highest BCUT2D eigenvalue weighted by molar-refractivity contribution is 14.1. The van der Waals surface area contributed by atoms with Gasteiger partial charge in [-0.3, -0.25) is 4.79 Å². The average Bonchev–Trinajstić information content (AvgIpc) is 2.33. The average molecular weight is 365 g/mol. The number of nitrogens with two attached hydrogens (primary N) is 1. The van der Waals surface area contributed by atoms with Crippen molar-refractivity contribution in [3.8, 4) is 0 Å². The van der Waals surface area contributed by atoms with E-state index in [1.807, 2.05) is 29.5 Å². The molecule has 0 atom stereocenters. The first-order valence-corrected chi connectivity index (χ1v) is 6.77. The van der Waals surface area contributed by atoms with E-state index in [-0.39, 0.29) is 18.3 Å². The van der Waals surface area contributed by atoms with Gasteiger partial charge in [-0.25, -0.2) is 4.39 Å². The Labute approximate surface area is 120 Å². The number of anilines is 2. The second-order valence-corrected chi connectivity index (χ2v) is 5.08. The number of halogens is 2. The Bertz CT molecular complexity index is 440. The van der Waals surface area contributed by atoms with Gasteiger partial charge in [0, 0.05) is 19.7 Å². The van der Waals surface area contributed by atoms with E-state index < -0.39 is 0 Å². The van der Waals surface area contributed by atoms with E-state index in [4.69, 9.17) is 5.73 Å². The van der Waals surface area contributed by atoms with E-state index in [9.17, 15) is 9.18 Å². The molecule has 3 N–H and O–H groups in total. The van der Waals surface area contributed by atoms with Crippen molar-refractivity contribution >= 4 is 39.9 Å². The van der Waals surface area contributed by atoms with E-state index in [0.29, 0.717) is 21.5 Å². The molecule has 1 amide bonds. The minimum atomic E-state index is -0.321. The summed E-state index contributed by atoms with van der Waals surface area (Å²) >= 11 is 1.89. The largest absolute Gasteiger partial charge is 0.397 e. The lowest BCUT2D eigenvalue weighted by Gasteiger charge is -2.25. The van der Waals surface area contributed by atoms with Crippen LogP contribution in [0.5, 0.6) is 0 Å². The molecule has 0 saturated carbocycles. The highest BCUT2D eigenvalue weighted by Gasteiger charge is 2.15. The number of carbonyl (C=O) groups is 1. The van der Waals surface area contributed by atoms with Crippen LogP contribution in [0.2, 0.25) is 0 Å². The topological polar surface area (TPSA) is 58.4 Å². The summed E-state index contributed by atoms with van der Waals surface area (Å²) in [6.45, 7) is 2.82. The van der Waals surface area contributed by atoms with Crippen LogP contribution in [-0.4, -0.2) is 26.0 Å². The fraction of sp³-hybridized carbons (Fsp3) is 0.417. The molecule has 1 aromatic rings. The normalized spacial score (nSPS) is 10.2. The maximum Gasteiger partial charge on any atom is 0.239 e. The van der Waals surface area contributed by atoms with Crippen LogP contribution >= 0.6 is 22.6 Å². The summed E-state index contributed by atoms with van der Waals surface area (Å²) in [5.74, 6) is -0.445. The van der Waals surface area contributed by atoms with Crippen LogP contribution in [0.25, 0.3) is 0 Å². The molecule has 0 bridgehead atoms. The van der Waals surface area contributed by atoms with Crippen molar-refractivity contribution in [2.45, 2.75) is 13.3 Å². The van der Waals surface area contributed by atoms with Crippen molar-refractivity contribution in [1.29, 1.82) is 0 Å². The van der Waals surface area contributed by atoms with Gasteiger partial charge in [-0.15, -0.1) is 0 Å². The summed E-state index contributed by atoms with van der Waals surface area (Å²) in [5, 5.41) is 2.55. The molecular weight excluding hydrogens is 348 g/mol. The van der Waals surface area contributed by atoms with Gasteiger partial charge in [0.1, 0.15) is 5.82 Å². The van der Waals surface area contributed by atoms with Gasteiger partial charge in [-0.2, -0.15) is 0 Å². The lowest BCUT2D eigenvalue weighted by Crippen LogP contribution is -2.36. The van der Waals surface area contributed by atoms with Crippen LogP contribution in [0.1, 0.15) is 13.3 Å². The lowest BCUT2D eigenvalue weighted by molar-refractivity contribution is -0.119.